The molecule has 2 aliphatic heterocycles. The van der Waals surface area contributed by atoms with E-state index in [4.69, 9.17) is 5.73 Å². The zero-order valence-electron chi connectivity index (χ0n) is 11.5. The molecule has 2 bridgehead atoms. The van der Waals surface area contributed by atoms with Crippen LogP contribution in [-0.4, -0.2) is 23.0 Å². The molecule has 2 nitrogen and oxygen atoms in total. The highest BCUT2D eigenvalue weighted by Gasteiger charge is 2.41. The lowest BCUT2D eigenvalue weighted by atomic mass is 9.94. The monoisotopic (exact) mass is 244 g/mol. The molecule has 0 saturated carbocycles. The van der Waals surface area contributed by atoms with Gasteiger partial charge in [-0.05, 0) is 45.1 Å². The largest absolute Gasteiger partial charge is 0.328 e. The number of hydrogen-bond donors (Lipinski definition) is 1. The summed E-state index contributed by atoms with van der Waals surface area (Å²) in [6, 6.07) is 11.4. The summed E-state index contributed by atoms with van der Waals surface area (Å²) in [6.07, 6.45) is 5.06. The molecule has 3 atom stereocenters. The van der Waals surface area contributed by atoms with Gasteiger partial charge >= 0.3 is 0 Å². The van der Waals surface area contributed by atoms with Crippen molar-refractivity contribution in [2.75, 3.05) is 0 Å². The Kier molecular flexibility index (Phi) is 3.16. The molecule has 98 valence electrons. The maximum absolute atomic E-state index is 6.15. The van der Waals surface area contributed by atoms with Crippen molar-refractivity contribution in [1.82, 2.24) is 4.90 Å². The van der Waals surface area contributed by atoms with E-state index in [1.165, 1.54) is 36.8 Å². The number of nitrogens with two attached hydrogens (primary N) is 1. The van der Waals surface area contributed by atoms with Crippen LogP contribution in [0.4, 0.5) is 0 Å². The topological polar surface area (TPSA) is 29.3 Å². The van der Waals surface area contributed by atoms with E-state index in [0.29, 0.717) is 12.1 Å². The van der Waals surface area contributed by atoms with Gasteiger partial charge in [-0.2, -0.15) is 0 Å². The van der Waals surface area contributed by atoms with E-state index in [1.54, 1.807) is 0 Å². The smallest absolute Gasteiger partial charge is 0.0325 e. The van der Waals surface area contributed by atoms with E-state index in [-0.39, 0.29) is 0 Å². The molecule has 0 aromatic heterocycles. The Morgan fingerprint density at radius 3 is 2.22 bits per heavy atom. The number of nitrogens with zero attached hydrogens (tertiary/aromatic N) is 1. The Morgan fingerprint density at radius 2 is 1.67 bits per heavy atom. The van der Waals surface area contributed by atoms with Crippen molar-refractivity contribution in [3.63, 3.8) is 0 Å². The molecule has 2 N–H and O–H groups in total. The predicted molar refractivity (Wildman–Crippen MR) is 75.5 cm³/mol. The zero-order chi connectivity index (χ0) is 12.7. The van der Waals surface area contributed by atoms with Gasteiger partial charge in [-0.15, -0.1) is 0 Å². The summed E-state index contributed by atoms with van der Waals surface area (Å²) >= 11 is 0. The van der Waals surface area contributed by atoms with Gasteiger partial charge in [-0.25, -0.2) is 0 Å². The third-order valence-electron chi connectivity index (χ3n) is 4.83. The van der Waals surface area contributed by atoms with Crippen LogP contribution in [0.15, 0.2) is 24.3 Å². The standard InChI is InChI=1S/C16H24N2/c1-11-3-5-13(6-4-11)12(2)18-15-7-8-16(18)10-14(17)9-15/h3-6,12,14-16H,7-10,17H2,1-2H3. The Labute approximate surface area is 110 Å². The first-order valence-electron chi connectivity index (χ1n) is 7.24. The normalized spacial score (nSPS) is 33.6. The first-order valence-corrected chi connectivity index (χ1v) is 7.24. The first kappa shape index (κ1) is 12.2. The molecule has 18 heavy (non-hydrogen) atoms. The van der Waals surface area contributed by atoms with Crippen molar-refractivity contribution in [3.05, 3.63) is 35.4 Å². The minimum absolute atomic E-state index is 0.434. The van der Waals surface area contributed by atoms with Crippen molar-refractivity contribution >= 4 is 0 Å². The Hall–Kier alpha value is -0.860. The van der Waals surface area contributed by atoms with Crippen LogP contribution < -0.4 is 5.73 Å². The Morgan fingerprint density at radius 1 is 1.11 bits per heavy atom. The second-order valence-corrected chi connectivity index (χ2v) is 6.15. The predicted octanol–water partition coefficient (Wildman–Crippen LogP) is 3.01. The van der Waals surface area contributed by atoms with Gasteiger partial charge in [-0.1, -0.05) is 29.8 Å². The second kappa shape index (κ2) is 4.67. The van der Waals surface area contributed by atoms with Crippen LogP contribution in [0.2, 0.25) is 0 Å². The van der Waals surface area contributed by atoms with E-state index in [1.807, 2.05) is 0 Å². The molecule has 0 spiro atoms. The lowest BCUT2D eigenvalue weighted by molar-refractivity contribution is 0.0854. The van der Waals surface area contributed by atoms with Crippen molar-refractivity contribution in [3.8, 4) is 0 Å². The maximum atomic E-state index is 6.15. The van der Waals surface area contributed by atoms with E-state index < -0.39 is 0 Å². The number of benzene rings is 1. The molecule has 0 radical (unpaired) electrons. The van der Waals surface area contributed by atoms with Gasteiger partial charge in [0, 0.05) is 24.2 Å². The van der Waals surface area contributed by atoms with Gasteiger partial charge in [0.25, 0.3) is 0 Å². The zero-order valence-corrected chi connectivity index (χ0v) is 11.5. The average Bonchev–Trinajstić information content (AvgIpc) is 2.62. The van der Waals surface area contributed by atoms with Gasteiger partial charge in [0.15, 0.2) is 0 Å². The maximum Gasteiger partial charge on any atom is 0.0325 e. The van der Waals surface area contributed by atoms with Crippen LogP contribution in [0, 0.1) is 6.92 Å². The van der Waals surface area contributed by atoms with E-state index in [0.717, 1.165) is 12.1 Å². The molecule has 2 fully saturated rings. The number of fused-ring (bicyclic) bond motifs is 2. The number of hydrogen-bond acceptors (Lipinski definition) is 2. The summed E-state index contributed by atoms with van der Waals surface area (Å²) in [5.41, 5.74) is 8.94. The van der Waals surface area contributed by atoms with Crippen molar-refractivity contribution in [1.29, 1.82) is 0 Å². The van der Waals surface area contributed by atoms with Crippen LogP contribution >= 0.6 is 0 Å². The summed E-state index contributed by atoms with van der Waals surface area (Å²) in [7, 11) is 0. The fraction of sp³-hybridized carbons (Fsp3) is 0.625. The highest BCUT2D eigenvalue weighted by atomic mass is 15.2. The molecular weight excluding hydrogens is 220 g/mol. The molecule has 1 aromatic carbocycles. The Bertz CT molecular complexity index is 398. The lowest BCUT2D eigenvalue weighted by Crippen LogP contribution is -2.48. The molecule has 0 amide bonds. The van der Waals surface area contributed by atoms with Gasteiger partial charge in [0.1, 0.15) is 0 Å². The summed E-state index contributed by atoms with van der Waals surface area (Å²) in [6.45, 7) is 4.50. The molecule has 2 saturated heterocycles. The highest BCUT2D eigenvalue weighted by Crippen LogP contribution is 2.40. The third kappa shape index (κ3) is 2.08. The first-order chi connectivity index (χ1) is 8.65. The van der Waals surface area contributed by atoms with Crippen molar-refractivity contribution < 1.29 is 0 Å². The summed E-state index contributed by atoms with van der Waals surface area (Å²) in [5, 5.41) is 0. The van der Waals surface area contributed by atoms with Crippen LogP contribution in [0.1, 0.15) is 49.8 Å². The Balaban J connectivity index is 1.81. The molecule has 2 aliphatic rings. The number of rotatable bonds is 2. The van der Waals surface area contributed by atoms with Gasteiger partial charge in [-0.3, -0.25) is 4.90 Å². The van der Waals surface area contributed by atoms with E-state index >= 15 is 0 Å². The fourth-order valence-corrected chi connectivity index (χ4v) is 3.90. The van der Waals surface area contributed by atoms with Crippen LogP contribution in [0.25, 0.3) is 0 Å². The SMILES string of the molecule is Cc1ccc(C(C)N2C3CCC2CC(N)C3)cc1. The second-order valence-electron chi connectivity index (χ2n) is 6.15. The third-order valence-corrected chi connectivity index (χ3v) is 4.83. The number of aryl methyl sites for hydroxylation is 1. The summed E-state index contributed by atoms with van der Waals surface area (Å²) < 4.78 is 0. The van der Waals surface area contributed by atoms with Gasteiger partial charge in [0.05, 0.1) is 0 Å². The molecule has 1 aromatic rings. The molecule has 0 aliphatic carbocycles. The molecule has 2 heteroatoms. The van der Waals surface area contributed by atoms with Gasteiger partial charge in [0.2, 0.25) is 0 Å². The minimum Gasteiger partial charge on any atom is -0.328 e. The number of piperidine rings is 1. The average molecular weight is 244 g/mol. The van der Waals surface area contributed by atoms with Crippen LogP contribution in [0.5, 0.6) is 0 Å². The van der Waals surface area contributed by atoms with Crippen molar-refractivity contribution in [2.45, 2.75) is 63.7 Å². The molecule has 2 heterocycles. The van der Waals surface area contributed by atoms with Crippen LogP contribution in [0.3, 0.4) is 0 Å². The highest BCUT2D eigenvalue weighted by molar-refractivity contribution is 5.24. The minimum atomic E-state index is 0.434. The van der Waals surface area contributed by atoms with Crippen LogP contribution in [-0.2, 0) is 0 Å². The molecule has 3 rings (SSSR count). The van der Waals surface area contributed by atoms with Crippen molar-refractivity contribution in [2.24, 2.45) is 5.73 Å². The van der Waals surface area contributed by atoms with Gasteiger partial charge < -0.3 is 5.73 Å². The van der Waals surface area contributed by atoms with E-state index in [2.05, 4.69) is 43.0 Å². The summed E-state index contributed by atoms with van der Waals surface area (Å²) in [5.74, 6) is 0. The fourth-order valence-electron chi connectivity index (χ4n) is 3.90. The molecular formula is C16H24N2. The quantitative estimate of drug-likeness (QED) is 0.866. The lowest BCUT2D eigenvalue weighted by Gasteiger charge is -2.41. The molecule has 3 unspecified atom stereocenters. The van der Waals surface area contributed by atoms with E-state index in [9.17, 15) is 0 Å². The summed E-state index contributed by atoms with van der Waals surface area (Å²) in [4.78, 5) is 2.73.